The Morgan fingerprint density at radius 1 is 1.54 bits per heavy atom. The lowest BCUT2D eigenvalue weighted by molar-refractivity contribution is -0.117. The molecule has 1 aromatic rings. The van der Waals surface area contributed by atoms with Crippen LogP contribution in [0.15, 0.2) is 22.7 Å². The topological polar surface area (TPSA) is 20.3 Å². The van der Waals surface area contributed by atoms with Gasteiger partial charge in [0.1, 0.15) is 0 Å². The third-order valence-electron chi connectivity index (χ3n) is 2.29. The Morgan fingerprint density at radius 2 is 2.31 bits per heavy atom. The predicted octanol–water partition coefficient (Wildman–Crippen LogP) is 2.36. The zero-order valence-corrected chi connectivity index (χ0v) is 8.97. The number of hydrogen-bond donors (Lipinski definition) is 0. The molecule has 0 saturated carbocycles. The van der Waals surface area contributed by atoms with E-state index in [2.05, 4.69) is 15.9 Å². The summed E-state index contributed by atoms with van der Waals surface area (Å²) in [6.45, 7) is 2.75. The molecular weight excluding hydrogens is 230 g/mol. The Hall–Kier alpha value is -0.830. The number of hydrogen-bond acceptors (Lipinski definition) is 1. The Balaban J connectivity index is 2.48. The molecule has 0 unspecified atom stereocenters. The van der Waals surface area contributed by atoms with E-state index in [1.54, 1.807) is 0 Å². The van der Waals surface area contributed by atoms with Gasteiger partial charge in [-0.1, -0.05) is 15.9 Å². The summed E-state index contributed by atoms with van der Waals surface area (Å²) in [6, 6.07) is 5.98. The van der Waals surface area contributed by atoms with Crippen molar-refractivity contribution < 1.29 is 4.79 Å². The second kappa shape index (κ2) is 3.14. The number of likely N-dealkylation sites (N-methyl/N-ethyl adjacent to an activating group) is 1. The van der Waals surface area contributed by atoms with Crippen molar-refractivity contribution in [3.05, 3.63) is 28.2 Å². The molecule has 0 bridgehead atoms. The quantitative estimate of drug-likeness (QED) is 0.737. The molecule has 1 aliphatic rings. The van der Waals surface area contributed by atoms with Gasteiger partial charge in [0, 0.05) is 16.7 Å². The Labute approximate surface area is 85.7 Å². The van der Waals surface area contributed by atoms with Gasteiger partial charge in [-0.2, -0.15) is 0 Å². The molecule has 2 nitrogen and oxygen atoms in total. The summed E-state index contributed by atoms with van der Waals surface area (Å²) in [5.41, 5.74) is 2.19. The van der Waals surface area contributed by atoms with Gasteiger partial charge in [-0.05, 0) is 30.7 Å². The molecule has 0 aromatic heterocycles. The lowest BCUT2D eigenvalue weighted by atomic mass is 10.2. The highest BCUT2D eigenvalue weighted by Crippen LogP contribution is 2.30. The summed E-state index contributed by atoms with van der Waals surface area (Å²) in [5, 5.41) is 0. The number of carbonyl (C=O) groups is 1. The van der Waals surface area contributed by atoms with Crippen molar-refractivity contribution in [2.24, 2.45) is 0 Å². The predicted molar refractivity (Wildman–Crippen MR) is 55.9 cm³/mol. The largest absolute Gasteiger partial charge is 0.312 e. The first-order chi connectivity index (χ1) is 6.22. The van der Waals surface area contributed by atoms with Gasteiger partial charge in [0.15, 0.2) is 0 Å². The first-order valence-corrected chi connectivity index (χ1v) is 5.10. The van der Waals surface area contributed by atoms with Crippen molar-refractivity contribution >= 4 is 27.5 Å². The highest BCUT2D eigenvalue weighted by molar-refractivity contribution is 9.10. The number of amides is 1. The Bertz CT molecular complexity index is 362. The van der Waals surface area contributed by atoms with Crippen molar-refractivity contribution in [3.63, 3.8) is 0 Å². The van der Waals surface area contributed by atoms with Gasteiger partial charge in [-0.3, -0.25) is 4.79 Å². The van der Waals surface area contributed by atoms with Crippen LogP contribution in [0.3, 0.4) is 0 Å². The van der Waals surface area contributed by atoms with Crippen LogP contribution in [-0.2, 0) is 11.2 Å². The number of rotatable bonds is 1. The fourth-order valence-corrected chi connectivity index (χ4v) is 2.11. The van der Waals surface area contributed by atoms with E-state index in [1.807, 2.05) is 30.0 Å². The molecule has 0 N–H and O–H groups in total. The molecule has 1 aromatic carbocycles. The minimum atomic E-state index is 0.204. The van der Waals surface area contributed by atoms with E-state index in [0.717, 1.165) is 22.3 Å². The summed E-state index contributed by atoms with van der Waals surface area (Å²) in [6.07, 6.45) is 0.544. The second-order valence-corrected chi connectivity index (χ2v) is 4.00. The molecule has 1 aliphatic heterocycles. The van der Waals surface area contributed by atoms with Crippen LogP contribution in [0, 0.1) is 0 Å². The zero-order chi connectivity index (χ0) is 9.42. The molecule has 0 atom stereocenters. The van der Waals surface area contributed by atoms with E-state index in [9.17, 15) is 4.79 Å². The second-order valence-electron chi connectivity index (χ2n) is 3.09. The molecule has 2 rings (SSSR count). The third kappa shape index (κ3) is 1.37. The molecule has 68 valence electrons. The fourth-order valence-electron chi connectivity index (χ4n) is 1.70. The minimum absolute atomic E-state index is 0.204. The van der Waals surface area contributed by atoms with Gasteiger partial charge < -0.3 is 4.90 Å². The van der Waals surface area contributed by atoms with Crippen LogP contribution in [-0.4, -0.2) is 12.5 Å². The monoisotopic (exact) mass is 239 g/mol. The number of halogens is 1. The summed E-state index contributed by atoms with van der Waals surface area (Å²) >= 11 is 3.40. The maximum absolute atomic E-state index is 11.5. The van der Waals surface area contributed by atoms with Crippen LogP contribution in [0.2, 0.25) is 0 Å². The van der Waals surface area contributed by atoms with Crippen molar-refractivity contribution in [1.82, 2.24) is 0 Å². The summed E-state index contributed by atoms with van der Waals surface area (Å²) < 4.78 is 1.04. The number of nitrogens with zero attached hydrogens (tertiary/aromatic N) is 1. The first-order valence-electron chi connectivity index (χ1n) is 4.31. The Kier molecular flexibility index (Phi) is 2.12. The fraction of sp³-hybridized carbons (Fsp3) is 0.300. The maximum Gasteiger partial charge on any atom is 0.231 e. The molecule has 1 heterocycles. The van der Waals surface area contributed by atoms with E-state index < -0.39 is 0 Å². The number of benzene rings is 1. The van der Waals surface area contributed by atoms with Crippen molar-refractivity contribution in [2.45, 2.75) is 13.3 Å². The summed E-state index contributed by atoms with van der Waals surface area (Å²) in [7, 11) is 0. The van der Waals surface area contributed by atoms with Crippen molar-refractivity contribution in [3.8, 4) is 0 Å². The average molecular weight is 240 g/mol. The zero-order valence-electron chi connectivity index (χ0n) is 7.38. The van der Waals surface area contributed by atoms with Crippen LogP contribution in [0.4, 0.5) is 5.69 Å². The highest BCUT2D eigenvalue weighted by Gasteiger charge is 2.25. The van der Waals surface area contributed by atoms with Crippen molar-refractivity contribution in [2.75, 3.05) is 11.4 Å². The van der Waals surface area contributed by atoms with Crippen molar-refractivity contribution in [1.29, 1.82) is 0 Å². The molecule has 0 aliphatic carbocycles. The van der Waals surface area contributed by atoms with Crippen LogP contribution in [0.5, 0.6) is 0 Å². The maximum atomic E-state index is 11.5. The average Bonchev–Trinajstić information content (AvgIpc) is 2.39. The normalized spacial score (nSPS) is 14.9. The lowest BCUT2D eigenvalue weighted by Gasteiger charge is -2.13. The van der Waals surface area contributed by atoms with E-state index in [0.29, 0.717) is 6.42 Å². The minimum Gasteiger partial charge on any atom is -0.312 e. The summed E-state index contributed by atoms with van der Waals surface area (Å²) in [5.74, 6) is 0.204. The highest BCUT2D eigenvalue weighted by atomic mass is 79.9. The van der Waals surface area contributed by atoms with E-state index in [1.165, 1.54) is 0 Å². The van der Waals surface area contributed by atoms with Gasteiger partial charge >= 0.3 is 0 Å². The molecule has 1 amide bonds. The van der Waals surface area contributed by atoms with Crippen LogP contribution < -0.4 is 4.90 Å². The molecule has 0 radical (unpaired) electrons. The van der Waals surface area contributed by atoms with Crippen LogP contribution >= 0.6 is 15.9 Å². The van der Waals surface area contributed by atoms with Crippen LogP contribution in [0.25, 0.3) is 0 Å². The van der Waals surface area contributed by atoms with Gasteiger partial charge in [0.05, 0.1) is 6.42 Å². The number of fused-ring (bicyclic) bond motifs is 1. The lowest BCUT2D eigenvalue weighted by Crippen LogP contribution is -2.25. The van der Waals surface area contributed by atoms with E-state index in [-0.39, 0.29) is 5.91 Å². The standard InChI is InChI=1S/C10H10BrNO/c1-2-12-9-4-3-8(11)5-7(9)6-10(12)13/h3-5H,2,6H2,1H3. The number of anilines is 1. The molecule has 0 saturated heterocycles. The molecular formula is C10H10BrNO. The molecule has 13 heavy (non-hydrogen) atoms. The Morgan fingerprint density at radius 3 is 3.00 bits per heavy atom. The smallest absolute Gasteiger partial charge is 0.231 e. The molecule has 0 spiro atoms. The van der Waals surface area contributed by atoms with Gasteiger partial charge in [-0.25, -0.2) is 0 Å². The van der Waals surface area contributed by atoms with Crippen LogP contribution in [0.1, 0.15) is 12.5 Å². The SMILES string of the molecule is CCN1C(=O)Cc2cc(Br)ccc21. The molecule has 3 heteroatoms. The van der Waals surface area contributed by atoms with E-state index in [4.69, 9.17) is 0 Å². The van der Waals surface area contributed by atoms with Gasteiger partial charge in [-0.15, -0.1) is 0 Å². The van der Waals surface area contributed by atoms with Gasteiger partial charge in [0.25, 0.3) is 0 Å². The summed E-state index contributed by atoms with van der Waals surface area (Å²) in [4.78, 5) is 13.3. The molecule has 0 fully saturated rings. The third-order valence-corrected chi connectivity index (χ3v) is 2.78. The first kappa shape index (κ1) is 8.75. The van der Waals surface area contributed by atoms with Gasteiger partial charge in [0.2, 0.25) is 5.91 Å². The number of carbonyl (C=O) groups excluding carboxylic acids is 1. The van der Waals surface area contributed by atoms with E-state index >= 15 is 0 Å².